The number of carbonyl (C=O) groups excluding carboxylic acids is 2. The zero-order valence-electron chi connectivity index (χ0n) is 21.9. The molecule has 6 rings (SSSR count). The fourth-order valence-electron chi connectivity index (χ4n) is 4.93. The number of anilines is 2. The van der Waals surface area contributed by atoms with Gasteiger partial charge in [-0.2, -0.15) is 0 Å². The Bertz CT molecular complexity index is 1590. The summed E-state index contributed by atoms with van der Waals surface area (Å²) in [4.78, 5) is 35.3. The average molecular weight is 562 g/mol. The van der Waals surface area contributed by atoms with Crippen LogP contribution in [0.1, 0.15) is 41.0 Å². The van der Waals surface area contributed by atoms with E-state index in [4.69, 9.17) is 30.8 Å². The molecule has 0 unspecified atom stereocenters. The lowest BCUT2D eigenvalue weighted by Crippen LogP contribution is -2.29. The van der Waals surface area contributed by atoms with E-state index in [9.17, 15) is 9.59 Å². The highest BCUT2D eigenvalue weighted by molar-refractivity contribution is 6.31. The maximum Gasteiger partial charge on any atom is 0.356 e. The molecule has 0 saturated heterocycles. The molecule has 1 saturated carbocycles. The number of nitrogens with zero attached hydrogens (tertiary/aromatic N) is 3. The molecule has 40 heavy (non-hydrogen) atoms. The molecule has 0 atom stereocenters. The van der Waals surface area contributed by atoms with Crippen molar-refractivity contribution in [1.29, 1.82) is 0 Å². The summed E-state index contributed by atoms with van der Waals surface area (Å²) in [6, 6.07) is 11.2. The predicted octanol–water partition coefficient (Wildman–Crippen LogP) is 5.19. The van der Waals surface area contributed by atoms with Crippen molar-refractivity contribution >= 4 is 45.9 Å². The zero-order chi connectivity index (χ0) is 27.6. The quantitative estimate of drug-likeness (QED) is 0.268. The van der Waals surface area contributed by atoms with Gasteiger partial charge < -0.3 is 29.4 Å². The molecule has 11 heteroatoms. The average Bonchev–Trinajstić information content (AvgIpc) is 3.51. The number of hydrogen-bond acceptors (Lipinski definition) is 8. The molecule has 4 heterocycles. The van der Waals surface area contributed by atoms with Crippen molar-refractivity contribution in [2.75, 3.05) is 24.5 Å². The van der Waals surface area contributed by atoms with E-state index >= 15 is 0 Å². The molecule has 3 aromatic heterocycles. The molecular formula is C29H28ClN5O5. The monoisotopic (exact) mass is 561 g/mol. The minimum Gasteiger partial charge on any atom is -0.464 e. The number of benzene rings is 1. The van der Waals surface area contributed by atoms with E-state index in [1.807, 2.05) is 30.3 Å². The first-order valence-electron chi connectivity index (χ1n) is 13.1. The van der Waals surface area contributed by atoms with E-state index in [-0.39, 0.29) is 24.3 Å². The van der Waals surface area contributed by atoms with Gasteiger partial charge in [-0.25, -0.2) is 9.78 Å². The lowest BCUT2D eigenvalue weighted by Gasteiger charge is -2.24. The van der Waals surface area contributed by atoms with Crippen LogP contribution in [0.15, 0.2) is 48.8 Å². The lowest BCUT2D eigenvalue weighted by atomic mass is 9.85. The lowest BCUT2D eigenvalue weighted by molar-refractivity contribution is -0.122. The maximum atomic E-state index is 13.1. The van der Waals surface area contributed by atoms with Crippen LogP contribution >= 0.6 is 11.6 Å². The van der Waals surface area contributed by atoms with Crippen LogP contribution in [0.5, 0.6) is 11.5 Å². The largest absolute Gasteiger partial charge is 0.464 e. The number of ether oxygens (including phenoxy) is 3. The second kappa shape index (κ2) is 11.1. The number of aromatic nitrogens is 3. The van der Waals surface area contributed by atoms with Crippen molar-refractivity contribution in [3.63, 3.8) is 0 Å². The standard InChI is InChI=1S/C29H28ClN5O5/c1-38-29(37)26-25(34-28(36)17-5-4-6-17)21-12-20(32-14-18-11-23-24(13-22(18)30)40-16-39-23)15-33-27(21)35(26)10-8-19-7-2-3-9-31-19/h2-3,7,9,11-13,15,17,32H,4-6,8,10,14,16H2,1H3,(H,34,36). The molecule has 1 aliphatic carbocycles. The van der Waals surface area contributed by atoms with Crippen molar-refractivity contribution in [2.24, 2.45) is 5.92 Å². The van der Waals surface area contributed by atoms with Gasteiger partial charge in [-0.15, -0.1) is 0 Å². The summed E-state index contributed by atoms with van der Waals surface area (Å²) in [5.41, 5.74) is 3.61. The van der Waals surface area contributed by atoms with Gasteiger partial charge in [0, 0.05) is 53.8 Å². The fraction of sp³-hybridized carbons (Fsp3) is 0.310. The number of fused-ring (bicyclic) bond motifs is 2. The van der Waals surface area contributed by atoms with Crippen molar-refractivity contribution in [1.82, 2.24) is 14.5 Å². The number of hydrogen-bond donors (Lipinski definition) is 2. The highest BCUT2D eigenvalue weighted by atomic mass is 35.5. The van der Waals surface area contributed by atoms with Crippen LogP contribution in [0.4, 0.5) is 11.4 Å². The van der Waals surface area contributed by atoms with Gasteiger partial charge in [0.1, 0.15) is 5.65 Å². The molecule has 206 valence electrons. The third kappa shape index (κ3) is 5.02. The van der Waals surface area contributed by atoms with Crippen molar-refractivity contribution in [2.45, 2.75) is 38.8 Å². The third-order valence-corrected chi connectivity index (χ3v) is 7.70. The van der Waals surface area contributed by atoms with E-state index in [0.29, 0.717) is 58.4 Å². The van der Waals surface area contributed by atoms with E-state index in [1.54, 1.807) is 23.0 Å². The fourth-order valence-corrected chi connectivity index (χ4v) is 5.16. The number of carbonyl (C=O) groups is 2. The maximum absolute atomic E-state index is 13.1. The van der Waals surface area contributed by atoms with E-state index in [0.717, 1.165) is 30.5 Å². The SMILES string of the molecule is COC(=O)c1c(NC(=O)C2CCC2)c2cc(NCc3cc4c(cc3Cl)OCO4)cnc2n1CCc1ccccn1. The van der Waals surface area contributed by atoms with Crippen LogP contribution in [0.3, 0.4) is 0 Å². The minimum atomic E-state index is -0.551. The molecular weight excluding hydrogens is 534 g/mol. The van der Waals surface area contributed by atoms with Crippen LogP contribution in [-0.2, 0) is 29.0 Å². The molecule has 10 nitrogen and oxygen atoms in total. The molecule has 2 N–H and O–H groups in total. The van der Waals surface area contributed by atoms with Crippen LogP contribution < -0.4 is 20.1 Å². The highest BCUT2D eigenvalue weighted by Crippen LogP contribution is 2.38. The Labute approximate surface area is 235 Å². The minimum absolute atomic E-state index is 0.0696. The van der Waals surface area contributed by atoms with Gasteiger partial charge in [0.15, 0.2) is 17.2 Å². The molecule has 0 spiro atoms. The highest BCUT2D eigenvalue weighted by Gasteiger charge is 2.30. The summed E-state index contributed by atoms with van der Waals surface area (Å²) in [5, 5.41) is 7.57. The molecule has 2 aliphatic rings. The molecule has 0 bridgehead atoms. The summed E-state index contributed by atoms with van der Waals surface area (Å²) in [6.45, 7) is 0.985. The predicted molar refractivity (Wildman–Crippen MR) is 150 cm³/mol. The number of esters is 1. The van der Waals surface area contributed by atoms with Gasteiger partial charge in [0.05, 0.1) is 24.7 Å². The summed E-state index contributed by atoms with van der Waals surface area (Å²) < 4.78 is 17.8. The zero-order valence-corrected chi connectivity index (χ0v) is 22.7. The Morgan fingerprint density at radius 2 is 1.98 bits per heavy atom. The Kier molecular flexibility index (Phi) is 7.17. The summed E-state index contributed by atoms with van der Waals surface area (Å²) in [7, 11) is 1.33. The molecule has 0 radical (unpaired) electrons. The van der Waals surface area contributed by atoms with E-state index in [2.05, 4.69) is 15.6 Å². The number of rotatable bonds is 9. The Morgan fingerprint density at radius 3 is 2.70 bits per heavy atom. The van der Waals surface area contributed by atoms with Gasteiger partial charge in [-0.1, -0.05) is 24.1 Å². The van der Waals surface area contributed by atoms with Crippen molar-refractivity contribution in [3.8, 4) is 11.5 Å². The Hall–Kier alpha value is -4.31. The Morgan fingerprint density at radius 1 is 1.15 bits per heavy atom. The van der Waals surface area contributed by atoms with Crippen LogP contribution in [0.2, 0.25) is 5.02 Å². The van der Waals surface area contributed by atoms with E-state index in [1.165, 1.54) is 7.11 Å². The van der Waals surface area contributed by atoms with Crippen LogP contribution in [0.25, 0.3) is 11.0 Å². The first kappa shape index (κ1) is 25.9. The molecule has 1 aromatic carbocycles. The third-order valence-electron chi connectivity index (χ3n) is 7.34. The molecule has 1 fully saturated rings. The first-order chi connectivity index (χ1) is 19.5. The van der Waals surface area contributed by atoms with Gasteiger partial charge in [0.2, 0.25) is 12.7 Å². The molecule has 4 aromatic rings. The first-order valence-corrected chi connectivity index (χ1v) is 13.5. The van der Waals surface area contributed by atoms with Gasteiger partial charge >= 0.3 is 5.97 Å². The number of nitrogens with one attached hydrogen (secondary N) is 2. The summed E-state index contributed by atoms with van der Waals surface area (Å²) in [6.07, 6.45) is 6.68. The number of aryl methyl sites for hydroxylation is 2. The van der Waals surface area contributed by atoms with Gasteiger partial charge in [-0.3, -0.25) is 9.78 Å². The number of pyridine rings is 2. The number of amides is 1. The van der Waals surface area contributed by atoms with Crippen LogP contribution in [0, 0.1) is 5.92 Å². The second-order valence-corrected chi connectivity index (χ2v) is 10.2. The Balaban J connectivity index is 1.36. The van der Waals surface area contributed by atoms with Gasteiger partial charge in [0.25, 0.3) is 0 Å². The summed E-state index contributed by atoms with van der Waals surface area (Å²) >= 11 is 6.46. The van der Waals surface area contributed by atoms with Crippen molar-refractivity contribution in [3.05, 3.63) is 70.8 Å². The summed E-state index contributed by atoms with van der Waals surface area (Å²) in [5.74, 6) is 0.532. The number of halogens is 1. The number of methoxy groups -OCH3 is 1. The van der Waals surface area contributed by atoms with Crippen LogP contribution in [-0.4, -0.2) is 40.3 Å². The normalized spacial score (nSPS) is 14.2. The molecule has 1 aliphatic heterocycles. The molecule has 1 amide bonds. The van der Waals surface area contributed by atoms with Gasteiger partial charge in [-0.05, 0) is 42.7 Å². The smallest absolute Gasteiger partial charge is 0.356 e. The van der Waals surface area contributed by atoms with Crippen molar-refractivity contribution < 1.29 is 23.8 Å². The topological polar surface area (TPSA) is 117 Å². The van der Waals surface area contributed by atoms with E-state index < -0.39 is 5.97 Å². The second-order valence-electron chi connectivity index (χ2n) is 9.80.